The zero-order valence-electron chi connectivity index (χ0n) is 8.66. The van der Waals surface area contributed by atoms with Crippen LogP contribution in [0.1, 0.15) is 25.7 Å². The Hall–Kier alpha value is -0.970. The lowest BCUT2D eigenvalue weighted by Crippen LogP contribution is -2.54. The number of aliphatic carboxylic acids is 1. The normalized spacial score (nSPS) is 18.5. The van der Waals surface area contributed by atoms with Crippen molar-refractivity contribution in [3.63, 3.8) is 0 Å². The molecule has 0 aromatic heterocycles. The second-order valence-electron chi connectivity index (χ2n) is 3.73. The van der Waals surface area contributed by atoms with E-state index in [1.807, 2.05) is 6.26 Å². The number of carbonyl (C=O) groups is 2. The lowest BCUT2D eigenvalue weighted by molar-refractivity contribution is -0.140. The summed E-state index contributed by atoms with van der Waals surface area (Å²) in [4.78, 5) is 22.0. The van der Waals surface area contributed by atoms with Crippen LogP contribution in [-0.2, 0) is 9.59 Å². The Bertz CT molecular complexity index is 284. The highest BCUT2D eigenvalue weighted by Gasteiger charge is 2.39. The highest BCUT2D eigenvalue weighted by Crippen LogP contribution is 2.34. The van der Waals surface area contributed by atoms with Crippen molar-refractivity contribution in [1.29, 1.82) is 0 Å². The van der Waals surface area contributed by atoms with E-state index < -0.39 is 11.5 Å². The van der Waals surface area contributed by atoms with Gasteiger partial charge >= 0.3 is 5.97 Å². The molecule has 1 saturated carbocycles. The average Bonchev–Trinajstić information content (AvgIpc) is 2.10. The average molecular weight is 229 g/mol. The van der Waals surface area contributed by atoms with Gasteiger partial charge in [0.2, 0.25) is 5.91 Å². The molecule has 2 N–H and O–H groups in total. The molecule has 0 unspecified atom stereocenters. The predicted octanol–water partition coefficient (Wildman–Crippen LogP) is 1.38. The number of amides is 1. The number of hydrogen-bond donors (Lipinski definition) is 2. The smallest absolute Gasteiger partial charge is 0.305 e. The fourth-order valence-corrected chi connectivity index (χ4v) is 1.93. The minimum atomic E-state index is -0.858. The van der Waals surface area contributed by atoms with Crippen molar-refractivity contribution in [3.8, 4) is 0 Å². The largest absolute Gasteiger partial charge is 0.481 e. The van der Waals surface area contributed by atoms with Crippen LogP contribution in [0.15, 0.2) is 11.5 Å². The first kappa shape index (κ1) is 12.1. The van der Waals surface area contributed by atoms with E-state index in [0.717, 1.165) is 19.3 Å². The number of rotatable bonds is 5. The second-order valence-corrected chi connectivity index (χ2v) is 4.48. The third kappa shape index (κ3) is 3.58. The van der Waals surface area contributed by atoms with Gasteiger partial charge in [-0.25, -0.2) is 0 Å². The molecule has 15 heavy (non-hydrogen) atoms. The first-order valence-electron chi connectivity index (χ1n) is 4.81. The first-order chi connectivity index (χ1) is 7.08. The van der Waals surface area contributed by atoms with E-state index in [1.54, 1.807) is 5.41 Å². The van der Waals surface area contributed by atoms with Crippen molar-refractivity contribution < 1.29 is 14.7 Å². The van der Waals surface area contributed by atoms with Crippen LogP contribution in [0.25, 0.3) is 0 Å². The van der Waals surface area contributed by atoms with Gasteiger partial charge in [0.25, 0.3) is 0 Å². The summed E-state index contributed by atoms with van der Waals surface area (Å²) in [6, 6.07) is 0. The van der Waals surface area contributed by atoms with Crippen LogP contribution in [0.3, 0.4) is 0 Å². The summed E-state index contributed by atoms with van der Waals surface area (Å²) in [7, 11) is 0. The summed E-state index contributed by atoms with van der Waals surface area (Å²) in [5.74, 6) is -1.06. The molecule has 0 aliphatic heterocycles. The number of carboxylic acids is 1. The molecular formula is C10H15NO3S. The molecule has 1 fully saturated rings. The van der Waals surface area contributed by atoms with E-state index >= 15 is 0 Å². The van der Waals surface area contributed by atoms with Gasteiger partial charge in [0.1, 0.15) is 0 Å². The summed E-state index contributed by atoms with van der Waals surface area (Å²) in [5.41, 5.74) is -0.494. The van der Waals surface area contributed by atoms with Gasteiger partial charge in [-0.3, -0.25) is 9.59 Å². The molecule has 0 bridgehead atoms. The van der Waals surface area contributed by atoms with Gasteiger partial charge in [-0.2, -0.15) is 0 Å². The van der Waals surface area contributed by atoms with Crippen LogP contribution in [0.2, 0.25) is 0 Å². The van der Waals surface area contributed by atoms with E-state index in [4.69, 9.17) is 5.11 Å². The summed E-state index contributed by atoms with van der Waals surface area (Å²) in [6.45, 7) is 0. The van der Waals surface area contributed by atoms with E-state index in [-0.39, 0.29) is 12.3 Å². The molecule has 0 radical (unpaired) electrons. The highest BCUT2D eigenvalue weighted by atomic mass is 32.2. The number of carboxylic acid groups (broad SMARTS) is 1. The molecule has 1 aliphatic carbocycles. The number of thioether (sulfide) groups is 1. The molecule has 1 aliphatic rings. The molecule has 0 heterocycles. The second kappa shape index (κ2) is 5.21. The van der Waals surface area contributed by atoms with E-state index in [9.17, 15) is 9.59 Å². The Labute approximate surface area is 93.1 Å². The molecule has 4 nitrogen and oxygen atoms in total. The monoisotopic (exact) mass is 229 g/mol. The van der Waals surface area contributed by atoms with Gasteiger partial charge in [-0.15, -0.1) is 11.8 Å². The molecule has 1 amide bonds. The van der Waals surface area contributed by atoms with Crippen LogP contribution in [0, 0.1) is 0 Å². The predicted molar refractivity (Wildman–Crippen MR) is 59.6 cm³/mol. The maximum atomic E-state index is 11.4. The minimum Gasteiger partial charge on any atom is -0.481 e. The fourth-order valence-electron chi connectivity index (χ4n) is 1.67. The minimum absolute atomic E-state index is 0.0197. The van der Waals surface area contributed by atoms with Crippen LogP contribution >= 0.6 is 11.8 Å². The van der Waals surface area contributed by atoms with E-state index in [2.05, 4.69) is 5.32 Å². The van der Waals surface area contributed by atoms with Gasteiger partial charge in [0, 0.05) is 6.08 Å². The molecule has 0 aromatic carbocycles. The Morgan fingerprint density at radius 3 is 2.60 bits per heavy atom. The Morgan fingerprint density at radius 2 is 2.20 bits per heavy atom. The molecule has 0 atom stereocenters. The van der Waals surface area contributed by atoms with Crippen molar-refractivity contribution >= 4 is 23.6 Å². The van der Waals surface area contributed by atoms with Crippen LogP contribution in [0.4, 0.5) is 0 Å². The molecular weight excluding hydrogens is 214 g/mol. The van der Waals surface area contributed by atoms with Gasteiger partial charge in [-0.05, 0) is 30.9 Å². The van der Waals surface area contributed by atoms with E-state index in [1.165, 1.54) is 17.8 Å². The Kier molecular flexibility index (Phi) is 4.20. The van der Waals surface area contributed by atoms with Crippen molar-refractivity contribution in [2.45, 2.75) is 31.2 Å². The first-order valence-corrected chi connectivity index (χ1v) is 6.10. The maximum Gasteiger partial charge on any atom is 0.305 e. The SMILES string of the molecule is CS/C=C/C(=O)NC1(CC(=O)O)CCC1. The standard InChI is InChI=1S/C10H15NO3S/c1-15-6-3-8(12)11-10(4-2-5-10)7-9(13)14/h3,6H,2,4-5,7H2,1H3,(H,11,12)(H,13,14)/b6-3+. The Balaban J connectivity index is 2.49. The topological polar surface area (TPSA) is 66.4 Å². The molecule has 5 heteroatoms. The number of nitrogens with one attached hydrogen (secondary N) is 1. The molecule has 0 saturated heterocycles. The lowest BCUT2D eigenvalue weighted by atomic mass is 9.74. The number of carbonyl (C=O) groups excluding carboxylic acids is 1. The fraction of sp³-hybridized carbons (Fsp3) is 0.600. The molecule has 1 rings (SSSR count). The summed E-state index contributed by atoms with van der Waals surface area (Å²) in [5, 5.41) is 13.2. The third-order valence-corrected chi connectivity index (χ3v) is 2.95. The van der Waals surface area contributed by atoms with Gasteiger partial charge in [0.05, 0.1) is 12.0 Å². The summed E-state index contributed by atoms with van der Waals surface area (Å²) < 4.78 is 0. The van der Waals surface area contributed by atoms with E-state index in [0.29, 0.717) is 0 Å². The van der Waals surface area contributed by atoms with Crippen molar-refractivity contribution in [1.82, 2.24) is 5.32 Å². The van der Waals surface area contributed by atoms with Crippen LogP contribution < -0.4 is 5.32 Å². The van der Waals surface area contributed by atoms with Gasteiger partial charge < -0.3 is 10.4 Å². The maximum absolute atomic E-state index is 11.4. The molecule has 0 spiro atoms. The summed E-state index contributed by atoms with van der Waals surface area (Å²) in [6.07, 6.45) is 5.83. The van der Waals surface area contributed by atoms with Crippen LogP contribution in [-0.4, -0.2) is 28.8 Å². The highest BCUT2D eigenvalue weighted by molar-refractivity contribution is 8.01. The lowest BCUT2D eigenvalue weighted by Gasteiger charge is -2.41. The van der Waals surface area contributed by atoms with Crippen molar-refractivity contribution in [3.05, 3.63) is 11.5 Å². The number of hydrogen-bond acceptors (Lipinski definition) is 3. The van der Waals surface area contributed by atoms with Crippen molar-refractivity contribution in [2.75, 3.05) is 6.26 Å². The third-order valence-electron chi connectivity index (χ3n) is 2.54. The summed E-state index contributed by atoms with van der Waals surface area (Å²) >= 11 is 1.44. The van der Waals surface area contributed by atoms with Gasteiger partial charge in [0.15, 0.2) is 0 Å². The zero-order chi connectivity index (χ0) is 11.3. The van der Waals surface area contributed by atoms with Crippen molar-refractivity contribution in [2.24, 2.45) is 0 Å². The zero-order valence-corrected chi connectivity index (χ0v) is 9.47. The molecule has 84 valence electrons. The van der Waals surface area contributed by atoms with Gasteiger partial charge in [-0.1, -0.05) is 0 Å². The quantitative estimate of drug-likeness (QED) is 0.699. The van der Waals surface area contributed by atoms with Crippen LogP contribution in [0.5, 0.6) is 0 Å². The molecule has 0 aromatic rings. The Morgan fingerprint density at radius 1 is 1.53 bits per heavy atom.